The zero-order chi connectivity index (χ0) is 15.0. The fourth-order valence-electron chi connectivity index (χ4n) is 1.91. The van der Waals surface area contributed by atoms with Crippen molar-refractivity contribution >= 4 is 37.6 Å². The molecule has 0 saturated heterocycles. The number of benzene rings is 2. The lowest BCUT2D eigenvalue weighted by atomic mass is 9.96. The summed E-state index contributed by atoms with van der Waals surface area (Å²) in [6.07, 6.45) is 0. The first-order valence-electron chi connectivity index (χ1n) is 5.77. The molecule has 0 heterocycles. The Hall–Kier alpha value is -1.07. The van der Waals surface area contributed by atoms with Crippen LogP contribution in [0.2, 0.25) is 0 Å². The quantitative estimate of drug-likeness (QED) is 0.618. The van der Waals surface area contributed by atoms with Gasteiger partial charge >= 0.3 is 0 Å². The van der Waals surface area contributed by atoms with Crippen molar-refractivity contribution in [1.82, 2.24) is 0 Å². The highest BCUT2D eigenvalue weighted by Crippen LogP contribution is 2.27. The summed E-state index contributed by atoms with van der Waals surface area (Å²) >= 11 is 6.42. The highest BCUT2D eigenvalue weighted by atomic mass is 79.9. The maximum absolute atomic E-state index is 13.5. The van der Waals surface area contributed by atoms with E-state index in [0.29, 0.717) is 20.1 Å². The second-order valence-corrected chi connectivity index (χ2v) is 6.16. The predicted molar refractivity (Wildman–Crippen MR) is 81.1 cm³/mol. The van der Waals surface area contributed by atoms with Crippen molar-refractivity contribution in [2.24, 2.45) is 0 Å². The summed E-state index contributed by atoms with van der Waals surface area (Å²) in [6, 6.07) is 4.92. The number of rotatable bonds is 2. The molecule has 0 radical (unpaired) electrons. The highest BCUT2D eigenvalue weighted by Gasteiger charge is 2.19. The van der Waals surface area contributed by atoms with Gasteiger partial charge in [-0.05, 0) is 49.2 Å². The molecule has 0 amide bonds. The summed E-state index contributed by atoms with van der Waals surface area (Å²) in [5, 5.41) is 0. The van der Waals surface area contributed by atoms with Crippen LogP contribution in [0.4, 0.5) is 8.78 Å². The molecule has 0 spiro atoms. The standard InChI is InChI=1S/C15H10Br2F2O/c1-7-11(3-9(18)5-13(7)16)15(20)12-4-10(19)6-14(17)8(12)2/h3-6H,1-2H3. The van der Waals surface area contributed by atoms with Gasteiger partial charge in [0.1, 0.15) is 11.6 Å². The predicted octanol–water partition coefficient (Wildman–Crippen LogP) is 5.34. The van der Waals surface area contributed by atoms with Crippen molar-refractivity contribution < 1.29 is 13.6 Å². The Morgan fingerprint density at radius 2 is 1.20 bits per heavy atom. The van der Waals surface area contributed by atoms with Crippen LogP contribution in [-0.4, -0.2) is 5.78 Å². The summed E-state index contributed by atoms with van der Waals surface area (Å²) in [5.74, 6) is -1.43. The van der Waals surface area contributed by atoms with E-state index in [1.807, 2.05) is 0 Å². The van der Waals surface area contributed by atoms with Crippen molar-refractivity contribution in [2.75, 3.05) is 0 Å². The summed E-state index contributed by atoms with van der Waals surface area (Å²) < 4.78 is 28.0. The third kappa shape index (κ3) is 2.83. The second-order valence-electron chi connectivity index (χ2n) is 4.45. The van der Waals surface area contributed by atoms with Crippen molar-refractivity contribution in [3.63, 3.8) is 0 Å². The molecule has 0 aliphatic rings. The summed E-state index contributed by atoms with van der Waals surface area (Å²) in [4.78, 5) is 12.5. The fourth-order valence-corrected chi connectivity index (χ4v) is 2.77. The molecule has 2 aromatic rings. The normalized spacial score (nSPS) is 10.7. The smallest absolute Gasteiger partial charge is 0.193 e. The van der Waals surface area contributed by atoms with Gasteiger partial charge in [0.05, 0.1) is 0 Å². The minimum atomic E-state index is -0.515. The Kier molecular flexibility index (Phi) is 4.39. The SMILES string of the molecule is Cc1c(Br)cc(F)cc1C(=O)c1cc(F)cc(Br)c1C. The van der Waals surface area contributed by atoms with Crippen LogP contribution in [0, 0.1) is 25.5 Å². The molecule has 0 aliphatic carbocycles. The number of hydrogen-bond acceptors (Lipinski definition) is 1. The number of ketones is 1. The molecule has 0 bridgehead atoms. The van der Waals surface area contributed by atoms with E-state index in [2.05, 4.69) is 31.9 Å². The molecule has 0 fully saturated rings. The van der Waals surface area contributed by atoms with Crippen LogP contribution >= 0.6 is 31.9 Å². The molecule has 104 valence electrons. The maximum atomic E-state index is 13.5. The number of carbonyl (C=O) groups excluding carboxylic acids is 1. The van der Waals surface area contributed by atoms with E-state index in [1.54, 1.807) is 13.8 Å². The average Bonchev–Trinajstić information content (AvgIpc) is 2.37. The molecule has 1 nitrogen and oxygen atoms in total. The molecule has 0 atom stereocenters. The monoisotopic (exact) mass is 402 g/mol. The van der Waals surface area contributed by atoms with Crippen molar-refractivity contribution in [3.05, 3.63) is 67.1 Å². The molecule has 0 aromatic heterocycles. The van der Waals surface area contributed by atoms with Gasteiger partial charge in [-0.15, -0.1) is 0 Å². The Morgan fingerprint density at radius 1 is 0.850 bits per heavy atom. The van der Waals surface area contributed by atoms with Crippen molar-refractivity contribution in [1.29, 1.82) is 0 Å². The summed E-state index contributed by atoms with van der Waals surface area (Å²) in [6.45, 7) is 3.42. The molecular formula is C15H10Br2F2O. The molecule has 2 rings (SSSR count). The van der Waals surface area contributed by atoms with E-state index in [1.165, 1.54) is 24.3 Å². The van der Waals surface area contributed by atoms with Crippen LogP contribution in [0.25, 0.3) is 0 Å². The van der Waals surface area contributed by atoms with Gasteiger partial charge in [-0.25, -0.2) is 8.78 Å². The van der Waals surface area contributed by atoms with Gasteiger partial charge in [0.25, 0.3) is 0 Å². The lowest BCUT2D eigenvalue weighted by molar-refractivity contribution is 0.103. The Labute approximate surface area is 132 Å². The lowest BCUT2D eigenvalue weighted by Gasteiger charge is -2.11. The zero-order valence-electron chi connectivity index (χ0n) is 10.7. The van der Waals surface area contributed by atoms with Crippen LogP contribution < -0.4 is 0 Å². The Morgan fingerprint density at radius 3 is 1.55 bits per heavy atom. The molecule has 5 heteroatoms. The lowest BCUT2D eigenvalue weighted by Crippen LogP contribution is -2.08. The van der Waals surface area contributed by atoms with Crippen LogP contribution in [0.1, 0.15) is 27.0 Å². The molecular weight excluding hydrogens is 394 g/mol. The van der Waals surface area contributed by atoms with Gasteiger partial charge < -0.3 is 0 Å². The molecule has 2 aromatic carbocycles. The van der Waals surface area contributed by atoms with Crippen molar-refractivity contribution in [2.45, 2.75) is 13.8 Å². The van der Waals surface area contributed by atoms with E-state index < -0.39 is 17.4 Å². The van der Waals surface area contributed by atoms with E-state index >= 15 is 0 Å². The van der Waals surface area contributed by atoms with E-state index in [9.17, 15) is 13.6 Å². The van der Waals surface area contributed by atoms with Crippen molar-refractivity contribution in [3.8, 4) is 0 Å². The van der Waals surface area contributed by atoms with Gasteiger partial charge in [0.15, 0.2) is 5.78 Å². The Balaban J connectivity index is 2.64. The van der Waals surface area contributed by atoms with Crippen LogP contribution in [0.5, 0.6) is 0 Å². The molecule has 20 heavy (non-hydrogen) atoms. The van der Waals surface area contributed by atoms with Gasteiger partial charge in [-0.1, -0.05) is 31.9 Å². The van der Waals surface area contributed by atoms with Gasteiger partial charge in [-0.2, -0.15) is 0 Å². The molecule has 0 unspecified atom stereocenters. The van der Waals surface area contributed by atoms with Gasteiger partial charge in [-0.3, -0.25) is 4.79 Å². The second kappa shape index (κ2) is 5.74. The van der Waals surface area contributed by atoms with Crippen LogP contribution in [0.3, 0.4) is 0 Å². The highest BCUT2D eigenvalue weighted by molar-refractivity contribution is 9.10. The van der Waals surface area contributed by atoms with E-state index in [0.717, 1.165) is 0 Å². The molecule has 0 N–H and O–H groups in total. The number of carbonyl (C=O) groups is 1. The van der Waals surface area contributed by atoms with Crippen LogP contribution in [-0.2, 0) is 0 Å². The minimum Gasteiger partial charge on any atom is -0.289 e. The number of halogens is 4. The molecule has 0 saturated carbocycles. The topological polar surface area (TPSA) is 17.1 Å². The first kappa shape index (κ1) is 15.3. The third-order valence-corrected chi connectivity index (χ3v) is 4.75. The number of hydrogen-bond donors (Lipinski definition) is 0. The Bertz CT molecular complexity index is 652. The minimum absolute atomic E-state index is 0.220. The van der Waals surface area contributed by atoms with E-state index in [-0.39, 0.29) is 11.1 Å². The summed E-state index contributed by atoms with van der Waals surface area (Å²) in [7, 11) is 0. The molecule has 0 aliphatic heterocycles. The first-order valence-corrected chi connectivity index (χ1v) is 7.36. The van der Waals surface area contributed by atoms with Gasteiger partial charge in [0.2, 0.25) is 0 Å². The summed E-state index contributed by atoms with van der Waals surface area (Å²) in [5.41, 5.74) is 1.68. The maximum Gasteiger partial charge on any atom is 0.193 e. The van der Waals surface area contributed by atoms with Crippen LogP contribution in [0.15, 0.2) is 33.2 Å². The third-order valence-electron chi connectivity index (χ3n) is 3.11. The average molecular weight is 404 g/mol. The fraction of sp³-hybridized carbons (Fsp3) is 0.133. The first-order chi connectivity index (χ1) is 9.31. The van der Waals surface area contributed by atoms with E-state index in [4.69, 9.17) is 0 Å². The zero-order valence-corrected chi connectivity index (χ0v) is 13.9. The van der Waals surface area contributed by atoms with Gasteiger partial charge in [0, 0.05) is 20.1 Å². The largest absolute Gasteiger partial charge is 0.289 e.